The molecule has 14 nitrogen and oxygen atoms in total. The van der Waals surface area contributed by atoms with Crippen LogP contribution in [0.5, 0.6) is 0 Å². The molecule has 17 heteroatoms. The van der Waals surface area contributed by atoms with Crippen LogP contribution in [0.2, 0.25) is 0 Å². The number of hydrogen-bond acceptors (Lipinski definition) is 15. The van der Waals surface area contributed by atoms with Crippen molar-refractivity contribution in [2.45, 2.75) is 339 Å². The van der Waals surface area contributed by atoms with Gasteiger partial charge in [-0.1, -0.05) is 234 Å². The van der Waals surface area contributed by atoms with Gasteiger partial charge in [0.25, 0.3) is 0 Å². The molecule has 2 aliphatic heterocycles. The minimum atomic E-state index is -0.359. The molecule has 0 radical (unpaired) electrons. The van der Waals surface area contributed by atoms with E-state index in [0.717, 1.165) is 170 Å². The highest BCUT2D eigenvalue weighted by Gasteiger charge is 2.49. The van der Waals surface area contributed by atoms with E-state index in [0.29, 0.717) is 140 Å². The second kappa shape index (κ2) is 41.0. The minimum absolute atomic E-state index is 0.112. The topological polar surface area (TPSA) is 228 Å². The van der Waals surface area contributed by atoms with E-state index in [1.54, 1.807) is 6.08 Å². The van der Waals surface area contributed by atoms with Crippen molar-refractivity contribution in [1.82, 2.24) is 9.97 Å². The van der Waals surface area contributed by atoms with Gasteiger partial charge in [0.1, 0.15) is 38.1 Å². The number of carbonyl (C=O) groups excluding carboxylic acids is 4. The molecule has 10 aliphatic rings. The Morgan fingerprint density at radius 1 is 0.552 bits per heavy atom. The van der Waals surface area contributed by atoms with Gasteiger partial charge in [0.2, 0.25) is 0 Å². The molecule has 0 aromatic carbocycles. The van der Waals surface area contributed by atoms with Crippen molar-refractivity contribution < 1.29 is 43.2 Å². The van der Waals surface area contributed by atoms with Gasteiger partial charge in [0, 0.05) is 73.7 Å². The summed E-state index contributed by atoms with van der Waals surface area (Å²) in [6, 6.07) is 8.51. The number of aromatic nitrogens is 2. The van der Waals surface area contributed by atoms with Gasteiger partial charge >= 0.3 is 0 Å². The van der Waals surface area contributed by atoms with Crippen LogP contribution in [0, 0.1) is 142 Å². The zero-order valence-electron chi connectivity index (χ0n) is 77.3. The fraction of sp³-hybridized carbons (Fsp3) is 0.758. The van der Waals surface area contributed by atoms with Crippen molar-refractivity contribution >= 4 is 78.5 Å². The highest BCUT2D eigenvalue weighted by molar-refractivity contribution is 9.09. The van der Waals surface area contributed by atoms with E-state index in [1.165, 1.54) is 46.7 Å². The number of aliphatic hydroxyl groups is 1. The number of aromatic amines is 1. The number of nitrogens with two attached hydrogens (primary N) is 1. The number of nitrogens with one attached hydrogen (secondary N) is 1. The van der Waals surface area contributed by atoms with Gasteiger partial charge < -0.3 is 34.8 Å². The summed E-state index contributed by atoms with van der Waals surface area (Å²) >= 11 is 10.4. The summed E-state index contributed by atoms with van der Waals surface area (Å²) < 4.78 is 23.4. The molecular weight excluding hydrogens is 1550 g/mol. The summed E-state index contributed by atoms with van der Waals surface area (Å²) in [6.45, 7) is 66.6. The molecule has 0 amide bonds. The lowest BCUT2D eigenvalue weighted by molar-refractivity contribution is -0.180. The number of H-pyrrole nitrogens is 1. The van der Waals surface area contributed by atoms with Gasteiger partial charge in [0.15, 0.2) is 23.1 Å². The molecular formula is C99H156BrN5O9S2. The first-order valence-corrected chi connectivity index (χ1v) is 46.3. The normalized spacial score (nSPS) is 27.8. The zero-order chi connectivity index (χ0) is 87.5. The van der Waals surface area contributed by atoms with Crippen LogP contribution in [0.1, 0.15) is 330 Å². The largest absolute Gasteiger partial charge is 0.515 e. The molecule has 2 spiro atoms. The molecule has 3 aromatic rings. The van der Waals surface area contributed by atoms with Crippen molar-refractivity contribution in [3.8, 4) is 12.1 Å². The monoisotopic (exact) mass is 1700 g/mol. The van der Waals surface area contributed by atoms with Crippen molar-refractivity contribution in [2.75, 3.05) is 32.2 Å². The summed E-state index contributed by atoms with van der Waals surface area (Å²) in [4.78, 5) is 54.3. The molecule has 2 saturated heterocycles. The summed E-state index contributed by atoms with van der Waals surface area (Å²) in [7, 11) is 0. The SMILES string of the molecule is CC(C)(C)C1C=CC(=O)CC1.CC(C)(C)C1C=CC2(CC1)OCCO2.CC(C)(C)C1CCC(=O)CC1.CC(C)(C)C1CCC2(OCCO2)C(Br)C1.CC1CC(=O)/C(=C/O)CC1C(C)(C)C.CC1CC(=O)CCC1C(C)(C)C.CC1Cc2[nH]c(=S)c(C#N)cc2CC1C(C)(C)C.CC1Cc2nc3sc(C#N)c(N)c3cc2CC1C(C)(C)C. The van der Waals surface area contributed by atoms with Gasteiger partial charge in [0.05, 0.1) is 48.8 Å². The first-order chi connectivity index (χ1) is 53.4. The Balaban J connectivity index is 0.000000208. The van der Waals surface area contributed by atoms with Gasteiger partial charge in [-0.15, -0.1) is 11.3 Å². The Kier molecular flexibility index (Phi) is 35.4. The number of ether oxygens (including phenoxy) is 4. The Bertz CT molecular complexity index is 4010. The van der Waals surface area contributed by atoms with Crippen LogP contribution in [-0.2, 0) is 63.8 Å². The number of rotatable bonds is 0. The predicted octanol–water partition coefficient (Wildman–Crippen LogP) is 25.7. The molecule has 3 aromatic heterocycles. The Hall–Kier alpha value is -4.72. The maximum Gasteiger partial charge on any atom is 0.188 e. The average molecular weight is 1700 g/mol. The lowest BCUT2D eigenvalue weighted by atomic mass is 9.65. The molecule has 8 aliphatic carbocycles. The van der Waals surface area contributed by atoms with Crippen LogP contribution in [-0.4, -0.2) is 81.0 Å². The van der Waals surface area contributed by atoms with Crippen molar-refractivity contribution in [3.05, 3.63) is 85.9 Å². The highest BCUT2D eigenvalue weighted by Crippen LogP contribution is 2.50. The molecule has 12 unspecified atom stereocenters. The number of pyridine rings is 2. The number of ketones is 4. The van der Waals surface area contributed by atoms with Crippen LogP contribution < -0.4 is 5.73 Å². The Morgan fingerprint density at radius 2 is 1.05 bits per heavy atom. The standard InChI is InChI=1S/C17H21N3S.C15H20N2S.C12H21BrO2.2C12H20O2.C11H20O.C10H18O.C10H16O/c1-9-5-13-10(7-12(9)17(2,3)4)6-11-15(19)14(8-18)21-16(11)20-13;1-9-5-13-10(7-12(9)15(2,3)4)6-11(8-16)14(18)17-13;1-11(2,3)9-4-5-12(10(13)8-9)14-6-7-15-12;1-11(2,3)10-4-6-12(7-5-10)13-8-9-14-12;1-8-5-11(14)9(7-13)6-10(8)12(2,3)4;1-8-7-9(12)5-6-10(8)11(2,3)4;2*1-10(2,3)8-4-6-9(11)7-5-8/h6,9,12H,5,7,19H2,1-4H3;6,9,12H,5,7H2,1-4H3,(H,17,18);9-10H,4-8H2,1-3H3;4,6,10H,5,7-9H2,1-3H3;7-8,10,13H,5-6H2,1-4H3;8,10H,5-7H2,1-4H3;8H,4-7H2,1-3H3;4,6,8H,5,7H2,1-3H3/b;;;;9-7+;;;. The number of nitrogens with zero attached hydrogens (tertiary/aromatic N) is 3. The number of nitriles is 2. The lowest BCUT2D eigenvalue weighted by Gasteiger charge is -2.44. The lowest BCUT2D eigenvalue weighted by Crippen LogP contribution is -2.46. The third-order valence-electron chi connectivity index (χ3n) is 27.4. The molecule has 4 N–H and O–H groups in total. The maximum absolute atomic E-state index is 11.5. The van der Waals surface area contributed by atoms with E-state index in [2.05, 4.69) is 251 Å². The predicted molar refractivity (Wildman–Crippen MR) is 485 cm³/mol. The number of aliphatic hydroxyl groups excluding tert-OH is 1. The second-order valence-corrected chi connectivity index (χ2v) is 47.1. The van der Waals surface area contributed by atoms with Crippen molar-refractivity contribution in [2.24, 2.45) is 114 Å². The second-order valence-electron chi connectivity index (χ2n) is 44.6. The smallest absolute Gasteiger partial charge is 0.188 e. The number of anilines is 1. The Labute approximate surface area is 720 Å². The molecule has 4 saturated carbocycles. The first-order valence-electron chi connectivity index (χ1n) is 44.1. The summed E-state index contributed by atoms with van der Waals surface area (Å²) in [5, 5.41) is 28.1. The van der Waals surface area contributed by atoms with E-state index in [4.69, 9.17) is 57.5 Å². The molecule has 13 rings (SSSR count). The van der Waals surface area contributed by atoms with Gasteiger partial charge in [-0.3, -0.25) is 19.2 Å². The van der Waals surface area contributed by atoms with Gasteiger partial charge in [-0.2, -0.15) is 10.5 Å². The maximum atomic E-state index is 11.5. The number of thiophene rings is 1. The summed E-state index contributed by atoms with van der Waals surface area (Å²) in [6.07, 6.45) is 28.6. The van der Waals surface area contributed by atoms with E-state index in [9.17, 15) is 19.2 Å². The third kappa shape index (κ3) is 28.4. The van der Waals surface area contributed by atoms with E-state index in [1.807, 2.05) is 6.07 Å². The van der Waals surface area contributed by atoms with Crippen LogP contribution >= 0.6 is 39.5 Å². The number of carbonyl (C=O) groups is 4. The number of halogens is 1. The number of fused-ring (bicyclic) bond motifs is 3. The van der Waals surface area contributed by atoms with E-state index in [-0.39, 0.29) is 28.6 Å². The molecule has 650 valence electrons. The highest BCUT2D eigenvalue weighted by atomic mass is 79.9. The summed E-state index contributed by atoms with van der Waals surface area (Å²) in [5.74, 6) is 8.24. The van der Waals surface area contributed by atoms with Crippen molar-refractivity contribution in [3.63, 3.8) is 0 Å². The van der Waals surface area contributed by atoms with Crippen LogP contribution in [0.4, 0.5) is 5.69 Å². The van der Waals surface area contributed by atoms with Crippen molar-refractivity contribution in [1.29, 1.82) is 10.5 Å². The molecule has 6 fully saturated rings. The molecule has 0 bridgehead atoms. The number of Topliss-reactive ketones (excluding diaryl/α,β-unsaturated/α-hetero) is 3. The number of alkyl halides is 1. The number of allylic oxidation sites excluding steroid dienone is 4. The van der Waals surface area contributed by atoms with E-state index < -0.39 is 0 Å². The van der Waals surface area contributed by atoms with Crippen LogP contribution in [0.15, 0.2) is 48.3 Å². The quantitative estimate of drug-likeness (QED) is 0.0626. The summed E-state index contributed by atoms with van der Waals surface area (Å²) in [5.41, 5.74) is 15.5. The van der Waals surface area contributed by atoms with Crippen LogP contribution in [0.25, 0.3) is 10.2 Å². The fourth-order valence-electron chi connectivity index (χ4n) is 19.7. The van der Waals surface area contributed by atoms with Crippen LogP contribution in [0.3, 0.4) is 0 Å². The zero-order valence-corrected chi connectivity index (χ0v) is 80.6. The molecule has 12 atom stereocenters. The minimum Gasteiger partial charge on any atom is -0.515 e. The fourth-order valence-corrected chi connectivity index (χ4v) is 21.8. The molecule has 116 heavy (non-hydrogen) atoms. The van der Waals surface area contributed by atoms with Gasteiger partial charge in [-0.25, -0.2) is 4.98 Å². The molecule has 5 heterocycles. The Morgan fingerprint density at radius 3 is 1.52 bits per heavy atom. The number of hydrogen-bond donors (Lipinski definition) is 3. The average Bonchev–Trinajstić information content (AvgIpc) is 1.47. The number of nitrogen functional groups attached to an aromatic ring is 1. The first kappa shape index (κ1) is 100. The third-order valence-corrected chi connectivity index (χ3v) is 29.8. The van der Waals surface area contributed by atoms with E-state index >= 15 is 0 Å². The van der Waals surface area contributed by atoms with Gasteiger partial charge in [-0.05, 0) is 227 Å².